The standard InChI is InChI=1S/C29H30Cl2F2N2O3S/c1-17-23(39(6,37)38)14-19(15-29(17,32)33)18-10-12-20(13-11-18)35-16-24(28(4,5)36)34-26(35)27(2,3)25-21(30)8-7-9-22(25)31/h7-14,16,36H,15H2,1-6H3. The molecule has 0 bridgehead atoms. The molecule has 0 radical (unpaired) electrons. The molecule has 0 saturated carbocycles. The molecule has 1 aliphatic carbocycles. The molecule has 0 fully saturated rings. The summed E-state index contributed by atoms with van der Waals surface area (Å²) in [6.07, 6.45) is 3.38. The number of alkyl halides is 2. The Morgan fingerprint density at radius 3 is 2.10 bits per heavy atom. The van der Waals surface area contributed by atoms with Gasteiger partial charge in [-0.05, 0) is 76.1 Å². The lowest BCUT2D eigenvalue weighted by atomic mass is 9.83. The second-order valence-corrected chi connectivity index (χ2v) is 13.8. The molecule has 5 nitrogen and oxygen atoms in total. The van der Waals surface area contributed by atoms with E-state index in [2.05, 4.69) is 0 Å². The van der Waals surface area contributed by atoms with Gasteiger partial charge in [-0.3, -0.25) is 0 Å². The van der Waals surface area contributed by atoms with Crippen LogP contribution in [0.1, 0.15) is 63.7 Å². The van der Waals surface area contributed by atoms with Gasteiger partial charge in [-0.15, -0.1) is 0 Å². The van der Waals surface area contributed by atoms with Crippen LogP contribution in [-0.2, 0) is 20.9 Å². The van der Waals surface area contributed by atoms with Gasteiger partial charge in [0, 0.05) is 45.7 Å². The number of imidazole rings is 1. The second-order valence-electron chi connectivity index (χ2n) is 11.0. The third-order valence-corrected chi connectivity index (χ3v) is 8.88. The van der Waals surface area contributed by atoms with Crippen LogP contribution in [0.3, 0.4) is 0 Å². The highest BCUT2D eigenvalue weighted by Gasteiger charge is 2.40. The largest absolute Gasteiger partial charge is 0.384 e. The molecule has 0 atom stereocenters. The molecule has 1 aromatic heterocycles. The normalized spacial score (nSPS) is 16.4. The number of hydrogen-bond acceptors (Lipinski definition) is 4. The van der Waals surface area contributed by atoms with E-state index in [0.717, 1.165) is 13.2 Å². The molecule has 39 heavy (non-hydrogen) atoms. The third-order valence-electron chi connectivity index (χ3n) is 7.03. The fraction of sp³-hybridized carbons (Fsp3) is 0.345. The fourth-order valence-corrected chi connectivity index (χ4v) is 6.73. The molecular weight excluding hydrogens is 565 g/mol. The number of hydrogen-bond donors (Lipinski definition) is 1. The predicted molar refractivity (Wildman–Crippen MR) is 152 cm³/mol. The number of rotatable bonds is 6. The maximum absolute atomic E-state index is 14.8. The number of benzene rings is 2. The minimum Gasteiger partial charge on any atom is -0.384 e. The minimum atomic E-state index is -3.84. The zero-order valence-corrected chi connectivity index (χ0v) is 24.8. The third kappa shape index (κ3) is 5.57. The molecule has 10 heteroatoms. The number of halogens is 4. The van der Waals surface area contributed by atoms with Crippen LogP contribution in [0, 0.1) is 0 Å². The zero-order chi connectivity index (χ0) is 29.1. The van der Waals surface area contributed by atoms with Crippen molar-refractivity contribution in [3.63, 3.8) is 0 Å². The van der Waals surface area contributed by atoms with Crippen LogP contribution < -0.4 is 0 Å². The first kappa shape index (κ1) is 29.5. The summed E-state index contributed by atoms with van der Waals surface area (Å²) in [6.45, 7) is 8.27. The highest BCUT2D eigenvalue weighted by Crippen LogP contribution is 2.44. The first-order valence-corrected chi connectivity index (χ1v) is 14.9. The highest BCUT2D eigenvalue weighted by atomic mass is 35.5. The van der Waals surface area contributed by atoms with Gasteiger partial charge in [-0.25, -0.2) is 22.2 Å². The molecule has 3 aromatic rings. The van der Waals surface area contributed by atoms with Crippen LogP contribution in [-0.4, -0.2) is 35.3 Å². The van der Waals surface area contributed by atoms with Gasteiger partial charge in [0.1, 0.15) is 11.4 Å². The van der Waals surface area contributed by atoms with Crippen molar-refractivity contribution in [3.8, 4) is 5.69 Å². The average molecular weight is 596 g/mol. The monoisotopic (exact) mass is 594 g/mol. The molecule has 0 spiro atoms. The van der Waals surface area contributed by atoms with Crippen LogP contribution in [0.4, 0.5) is 8.78 Å². The molecule has 1 aliphatic rings. The molecule has 0 saturated heterocycles. The summed E-state index contributed by atoms with van der Waals surface area (Å²) in [5.74, 6) is -2.72. The maximum Gasteiger partial charge on any atom is 0.274 e. The Balaban J connectivity index is 1.84. The van der Waals surface area contributed by atoms with Crippen molar-refractivity contribution in [3.05, 3.63) is 97.9 Å². The summed E-state index contributed by atoms with van der Waals surface area (Å²) in [5.41, 5.74) is -0.0357. The van der Waals surface area contributed by atoms with Gasteiger partial charge in [-0.2, -0.15) is 0 Å². The first-order chi connectivity index (χ1) is 17.8. The smallest absolute Gasteiger partial charge is 0.274 e. The number of sulfone groups is 1. The van der Waals surface area contributed by atoms with Crippen molar-refractivity contribution in [2.75, 3.05) is 6.26 Å². The molecule has 1 N–H and O–H groups in total. The lowest BCUT2D eigenvalue weighted by molar-refractivity contribution is 0.0461. The van der Waals surface area contributed by atoms with Crippen LogP contribution in [0.2, 0.25) is 10.0 Å². The lowest BCUT2D eigenvalue weighted by Gasteiger charge is -2.28. The summed E-state index contributed by atoms with van der Waals surface area (Å²) in [7, 11) is -3.84. The van der Waals surface area contributed by atoms with E-state index >= 15 is 0 Å². The molecule has 0 amide bonds. The van der Waals surface area contributed by atoms with Gasteiger partial charge in [-0.1, -0.05) is 41.4 Å². The summed E-state index contributed by atoms with van der Waals surface area (Å²) in [6, 6.07) is 12.1. The fourth-order valence-electron chi connectivity index (χ4n) is 4.80. The Morgan fingerprint density at radius 2 is 1.59 bits per heavy atom. The summed E-state index contributed by atoms with van der Waals surface area (Å²) < 4.78 is 55.7. The Labute approximate surface area is 237 Å². The van der Waals surface area contributed by atoms with E-state index in [9.17, 15) is 22.3 Å². The quantitative estimate of drug-likeness (QED) is 0.321. The SMILES string of the molecule is CC1=C(S(C)(=O)=O)C=C(c2ccc(-n3cc(C(C)(C)O)nc3C(C)(C)c3c(Cl)cccc3Cl)cc2)CC1(F)F. The van der Waals surface area contributed by atoms with Crippen molar-refractivity contribution in [2.45, 2.75) is 58.0 Å². The average Bonchev–Trinajstić information content (AvgIpc) is 3.27. The van der Waals surface area contributed by atoms with Crippen molar-refractivity contribution in [1.29, 1.82) is 0 Å². The van der Waals surface area contributed by atoms with Crippen LogP contribution in [0.25, 0.3) is 11.3 Å². The Bertz CT molecular complexity index is 1590. The van der Waals surface area contributed by atoms with Gasteiger partial charge in [0.15, 0.2) is 9.84 Å². The summed E-state index contributed by atoms with van der Waals surface area (Å²) in [4.78, 5) is 4.42. The number of allylic oxidation sites excluding steroid dienone is 3. The lowest BCUT2D eigenvalue weighted by Crippen LogP contribution is -2.25. The number of aliphatic hydroxyl groups is 1. The van der Waals surface area contributed by atoms with Gasteiger partial charge in [0.25, 0.3) is 5.92 Å². The number of aromatic nitrogens is 2. The van der Waals surface area contributed by atoms with E-state index in [0.29, 0.717) is 38.4 Å². The Morgan fingerprint density at radius 1 is 1.03 bits per heavy atom. The molecule has 208 valence electrons. The van der Waals surface area contributed by atoms with Gasteiger partial charge < -0.3 is 9.67 Å². The van der Waals surface area contributed by atoms with E-state index < -0.39 is 38.8 Å². The molecule has 0 aliphatic heterocycles. The highest BCUT2D eigenvalue weighted by molar-refractivity contribution is 7.94. The topological polar surface area (TPSA) is 72.2 Å². The molecule has 1 heterocycles. The van der Waals surface area contributed by atoms with Crippen LogP contribution >= 0.6 is 23.2 Å². The molecular formula is C29H30Cl2F2N2O3S. The van der Waals surface area contributed by atoms with Gasteiger partial charge >= 0.3 is 0 Å². The van der Waals surface area contributed by atoms with Crippen LogP contribution in [0.15, 0.2) is 65.2 Å². The van der Waals surface area contributed by atoms with E-state index in [1.807, 2.05) is 18.4 Å². The van der Waals surface area contributed by atoms with Crippen molar-refractivity contribution in [1.82, 2.24) is 9.55 Å². The van der Waals surface area contributed by atoms with Crippen molar-refractivity contribution >= 4 is 38.6 Å². The minimum absolute atomic E-state index is 0.226. The van der Waals surface area contributed by atoms with E-state index in [4.69, 9.17) is 28.2 Å². The second kappa shape index (κ2) is 9.84. The van der Waals surface area contributed by atoms with E-state index in [1.165, 1.54) is 6.08 Å². The molecule has 2 aromatic carbocycles. The Hall–Kier alpha value is -2.52. The zero-order valence-electron chi connectivity index (χ0n) is 22.5. The van der Waals surface area contributed by atoms with Crippen LogP contribution in [0.5, 0.6) is 0 Å². The van der Waals surface area contributed by atoms with Crippen molar-refractivity contribution < 1.29 is 22.3 Å². The number of nitrogens with zero attached hydrogens (tertiary/aromatic N) is 2. The first-order valence-electron chi connectivity index (χ1n) is 12.2. The predicted octanol–water partition coefficient (Wildman–Crippen LogP) is 7.47. The van der Waals surface area contributed by atoms with Gasteiger partial charge in [0.05, 0.1) is 16.0 Å². The summed E-state index contributed by atoms with van der Waals surface area (Å²) in [5, 5.41) is 11.7. The van der Waals surface area contributed by atoms with Gasteiger partial charge in [0.2, 0.25) is 0 Å². The van der Waals surface area contributed by atoms with Crippen molar-refractivity contribution in [2.24, 2.45) is 0 Å². The molecule has 0 unspecified atom stereocenters. The summed E-state index contributed by atoms with van der Waals surface area (Å²) >= 11 is 13.1. The molecule has 4 rings (SSSR count). The van der Waals surface area contributed by atoms with E-state index in [-0.39, 0.29) is 10.5 Å². The van der Waals surface area contributed by atoms with E-state index in [1.54, 1.807) is 62.5 Å². The maximum atomic E-state index is 14.8. The Kier molecular flexibility index (Phi) is 7.43.